The van der Waals surface area contributed by atoms with E-state index in [2.05, 4.69) is 4.74 Å². The van der Waals surface area contributed by atoms with Crippen molar-refractivity contribution in [3.05, 3.63) is 57.6 Å². The van der Waals surface area contributed by atoms with Crippen LogP contribution in [-0.2, 0) is 5.11 Å². The molecule has 1 unspecified atom stereocenters. The number of alkyl halides is 3. The van der Waals surface area contributed by atoms with Crippen LogP contribution in [0.1, 0.15) is 17.2 Å². The molecular weight excluding hydrogens is 356 g/mol. The van der Waals surface area contributed by atoms with E-state index in [1.807, 2.05) is 0 Å². The predicted octanol–water partition coefficient (Wildman–Crippen LogP) is 5.42. The normalized spacial score (nSPS) is 12.8. The average molecular weight is 366 g/mol. The highest BCUT2D eigenvalue weighted by molar-refractivity contribution is 6.32. The molecule has 0 saturated carbocycles. The van der Waals surface area contributed by atoms with Gasteiger partial charge in [0.1, 0.15) is 17.6 Å². The van der Waals surface area contributed by atoms with E-state index < -0.39 is 18.2 Å². The molecule has 1 atom stereocenters. The molecule has 3 nitrogen and oxygen atoms in total. The summed E-state index contributed by atoms with van der Waals surface area (Å²) >= 11 is 11.9. The van der Waals surface area contributed by atoms with E-state index in [0.717, 1.165) is 12.1 Å². The Morgan fingerprint density at radius 2 is 1.74 bits per heavy atom. The van der Waals surface area contributed by atoms with Crippen LogP contribution in [-0.4, -0.2) is 13.5 Å². The Hall–Kier alpha value is -1.63. The molecule has 0 aliphatic carbocycles. The first-order chi connectivity index (χ1) is 10.7. The van der Waals surface area contributed by atoms with Crippen LogP contribution in [0.15, 0.2) is 36.4 Å². The summed E-state index contributed by atoms with van der Waals surface area (Å²) in [5.41, 5.74) is 0.421. The standard InChI is InChI=1S/C15H10Cl2F3O3/c1-22-13-5-2-8(6-12(13)17)14(21)10-4-3-9(7-11(10)16)23-15(18,19)20/h2-7,14H,1H3. The van der Waals surface area contributed by atoms with Crippen molar-refractivity contribution < 1.29 is 27.8 Å². The number of benzene rings is 2. The molecule has 2 rings (SSSR count). The van der Waals surface area contributed by atoms with Gasteiger partial charge >= 0.3 is 6.36 Å². The van der Waals surface area contributed by atoms with Gasteiger partial charge in [0.2, 0.25) is 0 Å². The molecule has 0 spiro atoms. The number of ether oxygens (including phenoxy) is 2. The van der Waals surface area contributed by atoms with Gasteiger partial charge in [-0.05, 0) is 29.8 Å². The zero-order chi connectivity index (χ0) is 17.2. The third-order valence-corrected chi connectivity index (χ3v) is 3.59. The van der Waals surface area contributed by atoms with E-state index in [1.165, 1.54) is 31.4 Å². The minimum absolute atomic E-state index is 0.113. The second kappa shape index (κ2) is 6.86. The Balaban J connectivity index is 2.29. The Labute approximate surface area is 140 Å². The van der Waals surface area contributed by atoms with Crippen molar-refractivity contribution in [1.29, 1.82) is 0 Å². The van der Waals surface area contributed by atoms with Gasteiger partial charge in [-0.1, -0.05) is 35.3 Å². The van der Waals surface area contributed by atoms with Gasteiger partial charge in [-0.2, -0.15) is 0 Å². The number of methoxy groups -OCH3 is 1. The third-order valence-electron chi connectivity index (χ3n) is 2.97. The van der Waals surface area contributed by atoms with Crippen molar-refractivity contribution in [3.8, 4) is 11.5 Å². The van der Waals surface area contributed by atoms with Gasteiger partial charge in [-0.25, -0.2) is 5.11 Å². The number of hydrogen-bond acceptors (Lipinski definition) is 2. The van der Waals surface area contributed by atoms with E-state index in [0.29, 0.717) is 11.3 Å². The van der Waals surface area contributed by atoms with Crippen LogP contribution in [0.3, 0.4) is 0 Å². The summed E-state index contributed by atoms with van der Waals surface area (Å²) in [5, 5.41) is 12.6. The van der Waals surface area contributed by atoms with Crippen LogP contribution in [0.2, 0.25) is 10.0 Å². The van der Waals surface area contributed by atoms with Crippen molar-refractivity contribution in [3.63, 3.8) is 0 Å². The fraction of sp³-hybridized carbons (Fsp3) is 0.200. The summed E-state index contributed by atoms with van der Waals surface area (Å²) in [6, 6.07) is 7.63. The summed E-state index contributed by atoms with van der Waals surface area (Å²) in [6.07, 6.45) is -6.24. The van der Waals surface area contributed by atoms with Gasteiger partial charge in [0.25, 0.3) is 0 Å². The molecule has 0 aromatic heterocycles. The van der Waals surface area contributed by atoms with Gasteiger partial charge in [0, 0.05) is 5.56 Å². The Morgan fingerprint density at radius 3 is 2.26 bits per heavy atom. The largest absolute Gasteiger partial charge is 0.573 e. The maximum Gasteiger partial charge on any atom is 0.573 e. The highest BCUT2D eigenvalue weighted by Gasteiger charge is 2.31. The molecule has 1 radical (unpaired) electrons. The fourth-order valence-corrected chi connectivity index (χ4v) is 2.48. The molecule has 23 heavy (non-hydrogen) atoms. The zero-order valence-electron chi connectivity index (χ0n) is 11.7. The van der Waals surface area contributed by atoms with E-state index in [1.54, 1.807) is 0 Å². The topological polar surface area (TPSA) is 38.4 Å². The van der Waals surface area contributed by atoms with Crippen molar-refractivity contribution >= 4 is 23.2 Å². The Kier molecular flexibility index (Phi) is 5.29. The first kappa shape index (κ1) is 17.7. The number of halogens is 5. The van der Waals surface area contributed by atoms with Gasteiger partial charge < -0.3 is 9.47 Å². The third kappa shape index (κ3) is 4.43. The first-order valence-electron chi connectivity index (χ1n) is 6.25. The van der Waals surface area contributed by atoms with Crippen LogP contribution in [0, 0.1) is 0 Å². The molecule has 0 aliphatic heterocycles. The predicted molar refractivity (Wildman–Crippen MR) is 78.7 cm³/mol. The second-order valence-electron chi connectivity index (χ2n) is 4.51. The van der Waals surface area contributed by atoms with Crippen LogP contribution in [0.25, 0.3) is 0 Å². The summed E-state index contributed by atoms with van der Waals surface area (Å²) in [7, 11) is 1.44. The average Bonchev–Trinajstić information content (AvgIpc) is 2.45. The quantitative estimate of drug-likeness (QED) is 0.725. The molecule has 2 aromatic carbocycles. The van der Waals surface area contributed by atoms with Gasteiger partial charge in [0.15, 0.2) is 0 Å². The lowest BCUT2D eigenvalue weighted by Gasteiger charge is -2.14. The van der Waals surface area contributed by atoms with Gasteiger partial charge in [-0.3, -0.25) is 0 Å². The van der Waals surface area contributed by atoms with Crippen molar-refractivity contribution in [2.75, 3.05) is 7.11 Å². The molecule has 8 heteroatoms. The van der Waals surface area contributed by atoms with Crippen molar-refractivity contribution in [2.24, 2.45) is 0 Å². The van der Waals surface area contributed by atoms with Crippen molar-refractivity contribution in [2.45, 2.75) is 12.5 Å². The van der Waals surface area contributed by atoms with Crippen LogP contribution < -0.4 is 9.47 Å². The first-order valence-corrected chi connectivity index (χ1v) is 7.01. The summed E-state index contributed by atoms with van der Waals surface area (Å²) in [6.45, 7) is 0. The lowest BCUT2D eigenvalue weighted by atomic mass is 10.0. The lowest BCUT2D eigenvalue weighted by Crippen LogP contribution is -2.17. The molecular formula is C15H10Cl2F3O3. The van der Waals surface area contributed by atoms with Crippen LogP contribution >= 0.6 is 23.2 Å². The molecule has 0 amide bonds. The SMILES string of the molecule is COc1ccc(C([O])c2ccc(OC(F)(F)F)cc2Cl)cc1Cl. The molecule has 123 valence electrons. The molecule has 0 N–H and O–H groups in total. The lowest BCUT2D eigenvalue weighted by molar-refractivity contribution is -0.274. The van der Waals surface area contributed by atoms with Gasteiger partial charge in [0.05, 0.1) is 17.2 Å². The van der Waals surface area contributed by atoms with Crippen LogP contribution in [0.5, 0.6) is 11.5 Å². The second-order valence-corrected chi connectivity index (χ2v) is 5.32. The summed E-state index contributed by atoms with van der Waals surface area (Å²) in [4.78, 5) is 0. The molecule has 0 bridgehead atoms. The van der Waals surface area contributed by atoms with Crippen LogP contribution in [0.4, 0.5) is 13.2 Å². The summed E-state index contributed by atoms with van der Waals surface area (Å²) in [5.74, 6) is -0.0890. The van der Waals surface area contributed by atoms with E-state index >= 15 is 0 Å². The Bertz CT molecular complexity index is 705. The molecule has 0 heterocycles. The van der Waals surface area contributed by atoms with E-state index in [-0.39, 0.29) is 15.6 Å². The smallest absolute Gasteiger partial charge is 0.495 e. The molecule has 0 aliphatic rings. The van der Waals surface area contributed by atoms with E-state index in [9.17, 15) is 18.3 Å². The molecule has 0 fully saturated rings. The fourth-order valence-electron chi connectivity index (χ4n) is 1.94. The Morgan fingerprint density at radius 1 is 1.04 bits per heavy atom. The minimum Gasteiger partial charge on any atom is -0.495 e. The maximum absolute atomic E-state index is 12.5. The number of hydrogen-bond donors (Lipinski definition) is 0. The summed E-state index contributed by atoms with van der Waals surface area (Å²) < 4.78 is 45.2. The minimum atomic E-state index is -4.83. The zero-order valence-corrected chi connectivity index (χ0v) is 13.2. The molecule has 0 saturated heterocycles. The molecule has 2 aromatic rings. The van der Waals surface area contributed by atoms with Crippen molar-refractivity contribution in [1.82, 2.24) is 0 Å². The van der Waals surface area contributed by atoms with Gasteiger partial charge in [-0.15, -0.1) is 13.2 Å². The highest BCUT2D eigenvalue weighted by atomic mass is 35.5. The van der Waals surface area contributed by atoms with E-state index in [4.69, 9.17) is 27.9 Å². The monoisotopic (exact) mass is 365 g/mol. The number of rotatable bonds is 4. The maximum atomic E-state index is 12.5. The highest BCUT2D eigenvalue weighted by Crippen LogP contribution is 2.35.